The number of aliphatic hydroxyl groups excluding tert-OH is 2. The number of hydrogen-bond acceptors (Lipinski definition) is 5. The summed E-state index contributed by atoms with van der Waals surface area (Å²) in [5.41, 5.74) is 5.78. The molecule has 6 N–H and O–H groups in total. The molecule has 0 bridgehead atoms. The molecule has 4 rings (SSSR count). The van der Waals surface area contributed by atoms with Crippen molar-refractivity contribution < 1.29 is 15.0 Å². The van der Waals surface area contributed by atoms with Gasteiger partial charge in [-0.2, -0.15) is 0 Å². The molecular formula is C31H57N3O3. The zero-order valence-corrected chi connectivity index (χ0v) is 24.0. The molecule has 1 amide bonds. The van der Waals surface area contributed by atoms with Crippen LogP contribution >= 0.6 is 0 Å². The van der Waals surface area contributed by atoms with Gasteiger partial charge in [-0.15, -0.1) is 0 Å². The molecule has 37 heavy (non-hydrogen) atoms. The number of rotatable bonds is 12. The van der Waals surface area contributed by atoms with Crippen LogP contribution in [0.5, 0.6) is 0 Å². The van der Waals surface area contributed by atoms with Crippen LogP contribution in [0.4, 0.5) is 0 Å². The second-order valence-corrected chi connectivity index (χ2v) is 13.9. The largest absolute Gasteiger partial charge is 0.393 e. The van der Waals surface area contributed by atoms with Crippen molar-refractivity contribution in [3.8, 4) is 0 Å². The summed E-state index contributed by atoms with van der Waals surface area (Å²) in [7, 11) is 0. The van der Waals surface area contributed by atoms with Gasteiger partial charge in [-0.25, -0.2) is 0 Å². The van der Waals surface area contributed by atoms with Crippen molar-refractivity contribution in [3.05, 3.63) is 0 Å². The monoisotopic (exact) mass is 519 g/mol. The van der Waals surface area contributed by atoms with Crippen LogP contribution in [0.15, 0.2) is 0 Å². The van der Waals surface area contributed by atoms with Crippen molar-refractivity contribution in [3.63, 3.8) is 0 Å². The number of nitrogens with two attached hydrogens (primary N) is 1. The molecule has 0 spiro atoms. The van der Waals surface area contributed by atoms with E-state index in [1.165, 1.54) is 25.7 Å². The van der Waals surface area contributed by atoms with Crippen molar-refractivity contribution in [2.75, 3.05) is 26.2 Å². The Morgan fingerprint density at radius 3 is 2.54 bits per heavy atom. The van der Waals surface area contributed by atoms with Crippen LogP contribution in [-0.2, 0) is 4.79 Å². The Hall–Kier alpha value is -0.690. The number of carbonyl (C=O) groups is 1. The average Bonchev–Trinajstić information content (AvgIpc) is 3.24. The molecule has 10 atom stereocenters. The summed E-state index contributed by atoms with van der Waals surface area (Å²) in [5, 5.41) is 28.6. The number of aliphatic hydroxyl groups is 2. The molecule has 0 unspecified atom stereocenters. The predicted molar refractivity (Wildman–Crippen MR) is 150 cm³/mol. The Bertz CT molecular complexity index is 749. The number of unbranched alkanes of at least 4 members (excludes halogenated alkanes) is 1. The summed E-state index contributed by atoms with van der Waals surface area (Å²) in [5.74, 6) is 3.66. The van der Waals surface area contributed by atoms with Crippen molar-refractivity contribution in [1.29, 1.82) is 0 Å². The predicted octanol–water partition coefficient (Wildman–Crippen LogP) is 4.23. The lowest BCUT2D eigenvalue weighted by atomic mass is 9.43. The first-order chi connectivity index (χ1) is 17.7. The second kappa shape index (κ2) is 12.7. The quantitative estimate of drug-likeness (QED) is 0.248. The SMILES string of the molecule is C[C@@H](CCC(=O)NCCCNCCCCN)[C@@H]1CC[C@@H]2[C@H]3CC[C@H]4C[C@@H](O)CC[C@@]4(C)[C@@H]3C[C@@H](O)[C@]21C. The highest BCUT2D eigenvalue weighted by Crippen LogP contribution is 2.68. The van der Waals surface area contributed by atoms with Crippen LogP contribution in [0.25, 0.3) is 0 Å². The molecule has 214 valence electrons. The third kappa shape index (κ3) is 6.07. The number of amides is 1. The number of carbonyl (C=O) groups excluding carboxylic acids is 1. The van der Waals surface area contributed by atoms with Crippen LogP contribution in [0.2, 0.25) is 0 Å². The van der Waals surface area contributed by atoms with Crippen LogP contribution < -0.4 is 16.4 Å². The number of nitrogens with one attached hydrogen (secondary N) is 2. The van der Waals surface area contributed by atoms with Gasteiger partial charge in [0.25, 0.3) is 0 Å². The fourth-order valence-electron chi connectivity index (χ4n) is 9.77. The average molecular weight is 520 g/mol. The molecule has 6 heteroatoms. The Morgan fingerprint density at radius 1 is 0.973 bits per heavy atom. The van der Waals surface area contributed by atoms with E-state index in [0.717, 1.165) is 77.5 Å². The van der Waals surface area contributed by atoms with Crippen LogP contribution in [0, 0.1) is 46.3 Å². The third-order valence-electron chi connectivity index (χ3n) is 12.0. The van der Waals surface area contributed by atoms with Crippen molar-refractivity contribution >= 4 is 5.91 Å². The zero-order chi connectivity index (χ0) is 26.6. The van der Waals surface area contributed by atoms with E-state index in [1.807, 2.05) is 0 Å². The standard InChI is InChI=1S/C31H57N3O3/c1-21(7-12-29(37)34-18-6-17-33-16-5-4-15-32)25-10-11-26-24-9-8-22-19-23(35)13-14-30(22,2)27(24)20-28(36)31(25,26)3/h21-28,33,35-36H,4-20,32H2,1-3H3,(H,34,37)/t21-,22-,23-,24+,25-,26+,27+,28+,30+,31-/m0/s1. The molecule has 4 saturated carbocycles. The fourth-order valence-corrected chi connectivity index (χ4v) is 9.77. The molecule has 0 aliphatic heterocycles. The van der Waals surface area contributed by atoms with E-state index < -0.39 is 0 Å². The minimum absolute atomic E-state index is 0.0238. The molecule has 0 aromatic heterocycles. The van der Waals surface area contributed by atoms with E-state index in [2.05, 4.69) is 31.4 Å². The Labute approximate surface area is 226 Å². The summed E-state index contributed by atoms with van der Waals surface area (Å²) >= 11 is 0. The molecule has 0 aromatic rings. The lowest BCUT2D eigenvalue weighted by molar-refractivity contribution is -0.174. The van der Waals surface area contributed by atoms with E-state index in [0.29, 0.717) is 41.9 Å². The summed E-state index contributed by atoms with van der Waals surface area (Å²) < 4.78 is 0. The molecule has 0 aromatic carbocycles. The van der Waals surface area contributed by atoms with Crippen molar-refractivity contribution in [2.45, 2.75) is 116 Å². The molecular weight excluding hydrogens is 462 g/mol. The van der Waals surface area contributed by atoms with Crippen LogP contribution in [0.3, 0.4) is 0 Å². The number of fused-ring (bicyclic) bond motifs is 5. The van der Waals surface area contributed by atoms with Crippen molar-refractivity contribution in [2.24, 2.45) is 52.1 Å². The summed E-state index contributed by atoms with van der Waals surface area (Å²) in [6, 6.07) is 0. The molecule has 0 radical (unpaired) electrons. The van der Waals surface area contributed by atoms with Crippen molar-refractivity contribution in [1.82, 2.24) is 10.6 Å². The van der Waals surface area contributed by atoms with E-state index in [9.17, 15) is 15.0 Å². The van der Waals surface area contributed by atoms with Crippen LogP contribution in [0.1, 0.15) is 104 Å². The molecule has 4 fully saturated rings. The first kappa shape index (κ1) is 29.3. The lowest BCUT2D eigenvalue weighted by Crippen LogP contribution is -2.58. The van der Waals surface area contributed by atoms with Gasteiger partial charge in [0.15, 0.2) is 0 Å². The molecule has 6 nitrogen and oxygen atoms in total. The smallest absolute Gasteiger partial charge is 0.220 e. The van der Waals surface area contributed by atoms with E-state index >= 15 is 0 Å². The Balaban J connectivity index is 1.26. The van der Waals surface area contributed by atoms with Gasteiger partial charge in [0.2, 0.25) is 5.91 Å². The highest BCUT2D eigenvalue weighted by Gasteiger charge is 2.63. The molecule has 0 saturated heterocycles. The molecule has 4 aliphatic rings. The van der Waals surface area contributed by atoms with Gasteiger partial charge in [-0.05, 0) is 143 Å². The van der Waals surface area contributed by atoms with Crippen LogP contribution in [-0.4, -0.2) is 54.5 Å². The lowest BCUT2D eigenvalue weighted by Gasteiger charge is -2.62. The zero-order valence-electron chi connectivity index (χ0n) is 24.0. The summed E-state index contributed by atoms with van der Waals surface area (Å²) in [4.78, 5) is 12.5. The minimum atomic E-state index is -0.248. The topological polar surface area (TPSA) is 108 Å². The summed E-state index contributed by atoms with van der Waals surface area (Å²) in [6.45, 7) is 10.6. The normalized spacial score (nSPS) is 41.9. The first-order valence-corrected chi connectivity index (χ1v) is 15.7. The van der Waals surface area contributed by atoms with E-state index in [4.69, 9.17) is 5.73 Å². The second-order valence-electron chi connectivity index (χ2n) is 13.9. The van der Waals surface area contributed by atoms with Gasteiger partial charge in [-0.1, -0.05) is 20.8 Å². The van der Waals surface area contributed by atoms with Gasteiger partial charge >= 0.3 is 0 Å². The molecule has 4 aliphatic carbocycles. The highest BCUT2D eigenvalue weighted by molar-refractivity contribution is 5.75. The van der Waals surface area contributed by atoms with Gasteiger partial charge in [-0.3, -0.25) is 4.79 Å². The Morgan fingerprint density at radius 2 is 1.76 bits per heavy atom. The third-order valence-corrected chi connectivity index (χ3v) is 12.0. The molecule has 0 heterocycles. The maximum Gasteiger partial charge on any atom is 0.220 e. The van der Waals surface area contributed by atoms with Gasteiger partial charge in [0.05, 0.1) is 12.2 Å². The maximum atomic E-state index is 12.5. The van der Waals surface area contributed by atoms with Gasteiger partial charge in [0, 0.05) is 13.0 Å². The maximum absolute atomic E-state index is 12.5. The van der Waals surface area contributed by atoms with Gasteiger partial charge in [0.1, 0.15) is 0 Å². The first-order valence-electron chi connectivity index (χ1n) is 15.7. The fraction of sp³-hybridized carbons (Fsp3) is 0.968. The Kier molecular flexibility index (Phi) is 10.0. The highest BCUT2D eigenvalue weighted by atomic mass is 16.3. The van der Waals surface area contributed by atoms with Gasteiger partial charge < -0.3 is 26.6 Å². The number of hydrogen-bond donors (Lipinski definition) is 5. The summed E-state index contributed by atoms with van der Waals surface area (Å²) in [6.07, 6.45) is 13.2. The van der Waals surface area contributed by atoms with E-state index in [-0.39, 0.29) is 28.9 Å². The van der Waals surface area contributed by atoms with E-state index in [1.54, 1.807) is 0 Å². The minimum Gasteiger partial charge on any atom is -0.393 e.